The zero-order valence-corrected chi connectivity index (χ0v) is 19.7. The highest BCUT2D eigenvalue weighted by molar-refractivity contribution is 5.94. The molecule has 1 amide bonds. The maximum Gasteiger partial charge on any atom is 0.323 e. The summed E-state index contributed by atoms with van der Waals surface area (Å²) in [5.74, 6) is 0.377. The second kappa shape index (κ2) is 8.40. The fourth-order valence-corrected chi connectivity index (χ4v) is 4.22. The van der Waals surface area contributed by atoms with Gasteiger partial charge < -0.3 is 21.0 Å². The molecule has 10 heteroatoms. The summed E-state index contributed by atoms with van der Waals surface area (Å²) in [5.41, 5.74) is 7.72. The molecular formula is C23H32N6O4. The minimum atomic E-state index is -0.714. The van der Waals surface area contributed by atoms with E-state index in [0.29, 0.717) is 28.1 Å². The Kier molecular flexibility index (Phi) is 5.90. The number of aromatic nitrogens is 4. The molecule has 0 spiro atoms. The summed E-state index contributed by atoms with van der Waals surface area (Å²) in [5, 5.41) is 19.4. The first-order valence-electron chi connectivity index (χ1n) is 11.4. The van der Waals surface area contributed by atoms with Crippen LogP contribution in [0.3, 0.4) is 0 Å². The Bertz CT molecular complexity index is 1070. The van der Waals surface area contributed by atoms with Gasteiger partial charge in [0.15, 0.2) is 11.9 Å². The van der Waals surface area contributed by atoms with Gasteiger partial charge >= 0.3 is 5.97 Å². The van der Waals surface area contributed by atoms with Crippen LogP contribution in [0.1, 0.15) is 68.7 Å². The molecule has 0 saturated heterocycles. The summed E-state index contributed by atoms with van der Waals surface area (Å²) in [7, 11) is 0. The van der Waals surface area contributed by atoms with Crippen LogP contribution >= 0.6 is 0 Å². The quantitative estimate of drug-likeness (QED) is 0.363. The molecule has 0 radical (unpaired) electrons. The number of esters is 1. The Morgan fingerprint density at radius 3 is 2.76 bits per heavy atom. The van der Waals surface area contributed by atoms with Gasteiger partial charge in [-0.1, -0.05) is 34.6 Å². The van der Waals surface area contributed by atoms with E-state index in [4.69, 9.17) is 10.5 Å². The van der Waals surface area contributed by atoms with Crippen LogP contribution in [0, 0.1) is 22.5 Å². The van der Waals surface area contributed by atoms with Crippen molar-refractivity contribution in [1.82, 2.24) is 20.1 Å². The molecule has 2 aromatic rings. The van der Waals surface area contributed by atoms with Crippen molar-refractivity contribution >= 4 is 11.9 Å². The third-order valence-electron chi connectivity index (χ3n) is 6.59. The monoisotopic (exact) mass is 456 g/mol. The third kappa shape index (κ3) is 4.57. The first-order valence-corrected chi connectivity index (χ1v) is 11.4. The predicted molar refractivity (Wildman–Crippen MR) is 119 cm³/mol. The molecule has 4 atom stereocenters. The van der Waals surface area contributed by atoms with E-state index in [9.17, 15) is 14.8 Å². The predicted octanol–water partition coefficient (Wildman–Crippen LogP) is 1.23. The number of nitrogens with two attached hydrogens (primary N) is 1. The van der Waals surface area contributed by atoms with Gasteiger partial charge in [0.05, 0.1) is 17.9 Å². The molecule has 0 aromatic carbocycles. The summed E-state index contributed by atoms with van der Waals surface area (Å²) < 4.78 is 7.74. The molecule has 178 valence electrons. The van der Waals surface area contributed by atoms with Crippen LogP contribution in [0.2, 0.25) is 0 Å². The Labute approximate surface area is 193 Å². The minimum Gasteiger partial charge on any atom is -0.619 e. The van der Waals surface area contributed by atoms with Crippen LogP contribution in [0.4, 0.5) is 0 Å². The smallest absolute Gasteiger partial charge is 0.323 e. The molecule has 0 aliphatic heterocycles. The lowest BCUT2D eigenvalue weighted by atomic mass is 9.87. The average Bonchev–Trinajstić information content (AvgIpc) is 3.23. The number of nitrogens with zero attached hydrogens (tertiary/aromatic N) is 4. The largest absolute Gasteiger partial charge is 0.619 e. The van der Waals surface area contributed by atoms with E-state index >= 15 is 0 Å². The second-order valence-electron chi connectivity index (χ2n) is 10.5. The number of carbonyl (C=O) groups excluding carboxylic acids is 2. The van der Waals surface area contributed by atoms with E-state index in [2.05, 4.69) is 15.4 Å². The van der Waals surface area contributed by atoms with Crippen molar-refractivity contribution in [2.24, 2.45) is 23.0 Å². The van der Waals surface area contributed by atoms with Gasteiger partial charge in [-0.2, -0.15) is 9.83 Å². The van der Waals surface area contributed by atoms with Crippen LogP contribution < -0.4 is 15.8 Å². The molecule has 2 aromatic heterocycles. The zero-order valence-electron chi connectivity index (χ0n) is 19.7. The number of hydrogen-bond donors (Lipinski definition) is 2. The van der Waals surface area contributed by atoms with Gasteiger partial charge in [0.1, 0.15) is 12.6 Å². The fourth-order valence-electron chi connectivity index (χ4n) is 4.22. The first-order chi connectivity index (χ1) is 15.5. The van der Waals surface area contributed by atoms with E-state index in [-0.39, 0.29) is 23.8 Å². The highest BCUT2D eigenvalue weighted by Crippen LogP contribution is 2.57. The number of rotatable bonds is 7. The van der Waals surface area contributed by atoms with E-state index in [1.54, 1.807) is 4.68 Å². The standard InChI is InChI=1S/C23H32N6O4/c1-12(2)18(24)22(31)33-11-16(23(3,4)5)26-21(30)19-15-9-13-8-14(13)20(15)29(27-19)17-10-28(32)7-6-25-17/h6-7,10,12-14,16,18H,8-9,11,24H2,1-5H3,(H,26,30)/t13-,14-,16+,18-/m0/s1. The second-order valence-corrected chi connectivity index (χ2v) is 10.5. The molecule has 10 nitrogen and oxygen atoms in total. The number of ether oxygens (including phenoxy) is 1. The van der Waals surface area contributed by atoms with Gasteiger partial charge in [-0.15, -0.1) is 0 Å². The Hall–Kier alpha value is -3.01. The molecular weight excluding hydrogens is 424 g/mol. The lowest BCUT2D eigenvalue weighted by Gasteiger charge is -2.31. The third-order valence-corrected chi connectivity index (χ3v) is 6.59. The highest BCUT2D eigenvalue weighted by atomic mass is 16.5. The van der Waals surface area contributed by atoms with Crippen LogP contribution in [-0.2, 0) is 16.0 Å². The number of amides is 1. The van der Waals surface area contributed by atoms with Crippen molar-refractivity contribution in [1.29, 1.82) is 0 Å². The molecule has 3 N–H and O–H groups in total. The van der Waals surface area contributed by atoms with E-state index in [0.717, 1.165) is 24.1 Å². The maximum absolute atomic E-state index is 13.3. The number of carbonyl (C=O) groups is 2. The molecule has 2 heterocycles. The summed E-state index contributed by atoms with van der Waals surface area (Å²) in [4.78, 5) is 29.9. The molecule has 0 unspecified atom stereocenters. The zero-order chi connectivity index (χ0) is 24.1. The van der Waals surface area contributed by atoms with Crippen LogP contribution in [0.15, 0.2) is 18.6 Å². The molecule has 4 rings (SSSR count). The van der Waals surface area contributed by atoms with Gasteiger partial charge in [0.25, 0.3) is 5.91 Å². The van der Waals surface area contributed by atoms with Crippen LogP contribution in [0.25, 0.3) is 5.82 Å². The number of fused-ring (bicyclic) bond motifs is 3. The van der Waals surface area contributed by atoms with Crippen molar-refractivity contribution in [3.05, 3.63) is 40.7 Å². The molecule has 1 fully saturated rings. The van der Waals surface area contributed by atoms with Gasteiger partial charge in [-0.05, 0) is 30.1 Å². The van der Waals surface area contributed by atoms with Crippen molar-refractivity contribution in [3.63, 3.8) is 0 Å². The van der Waals surface area contributed by atoms with Crippen molar-refractivity contribution < 1.29 is 19.1 Å². The lowest BCUT2D eigenvalue weighted by molar-refractivity contribution is -0.605. The molecule has 2 aliphatic rings. The Morgan fingerprint density at radius 2 is 2.12 bits per heavy atom. The Balaban J connectivity index is 1.56. The number of hydrogen-bond acceptors (Lipinski definition) is 7. The molecule has 1 saturated carbocycles. The fraction of sp³-hybridized carbons (Fsp3) is 0.609. The van der Waals surface area contributed by atoms with Crippen LogP contribution in [0.5, 0.6) is 0 Å². The Morgan fingerprint density at radius 1 is 1.39 bits per heavy atom. The highest BCUT2D eigenvalue weighted by Gasteiger charge is 2.50. The van der Waals surface area contributed by atoms with Gasteiger partial charge in [-0.3, -0.25) is 9.59 Å². The average molecular weight is 457 g/mol. The normalized spacial score (nSPS) is 20.7. The molecule has 2 aliphatic carbocycles. The summed E-state index contributed by atoms with van der Waals surface area (Å²) in [6.45, 7) is 9.62. The van der Waals surface area contributed by atoms with E-state index in [1.165, 1.54) is 18.6 Å². The van der Waals surface area contributed by atoms with Crippen molar-refractivity contribution in [2.45, 2.75) is 65.5 Å². The van der Waals surface area contributed by atoms with Crippen LogP contribution in [-0.4, -0.2) is 45.3 Å². The van der Waals surface area contributed by atoms with Gasteiger partial charge in [-0.25, -0.2) is 9.67 Å². The molecule has 0 bridgehead atoms. The summed E-state index contributed by atoms with van der Waals surface area (Å²) in [6, 6.07) is -1.15. The first kappa shape index (κ1) is 23.2. The van der Waals surface area contributed by atoms with E-state index < -0.39 is 18.1 Å². The molecule has 33 heavy (non-hydrogen) atoms. The summed E-state index contributed by atoms with van der Waals surface area (Å²) >= 11 is 0. The topological polar surface area (TPSA) is 139 Å². The van der Waals surface area contributed by atoms with Crippen molar-refractivity contribution in [2.75, 3.05) is 6.61 Å². The summed E-state index contributed by atoms with van der Waals surface area (Å²) in [6.07, 6.45) is 5.91. The van der Waals surface area contributed by atoms with Gasteiger partial charge in [0.2, 0.25) is 12.0 Å². The van der Waals surface area contributed by atoms with Gasteiger partial charge in [0, 0.05) is 11.5 Å². The number of nitrogens with one attached hydrogen (secondary N) is 1. The lowest BCUT2D eigenvalue weighted by Crippen LogP contribution is -2.48. The minimum absolute atomic E-state index is 0.0130. The SMILES string of the molecule is CC(C)[C@H](N)C(=O)OC[C@@H](NC(=O)c1nn(-c2c[n+]([O-])ccn2)c2c1C[C@@H]1C[C@H]21)C(C)(C)C. The van der Waals surface area contributed by atoms with Crippen molar-refractivity contribution in [3.8, 4) is 5.82 Å². The van der Waals surface area contributed by atoms with E-state index in [1.807, 2.05) is 34.6 Å². The maximum atomic E-state index is 13.3.